The van der Waals surface area contributed by atoms with Crippen molar-refractivity contribution < 1.29 is 14.3 Å². The van der Waals surface area contributed by atoms with Gasteiger partial charge in [0.25, 0.3) is 5.91 Å². The van der Waals surface area contributed by atoms with Crippen molar-refractivity contribution in [3.63, 3.8) is 0 Å². The summed E-state index contributed by atoms with van der Waals surface area (Å²) in [6.07, 6.45) is 2.29. The van der Waals surface area contributed by atoms with Crippen LogP contribution in [0.4, 0.5) is 0 Å². The number of ether oxygens (including phenoxy) is 1. The zero-order chi connectivity index (χ0) is 20.6. The normalized spacial score (nSPS) is 14.0. The van der Waals surface area contributed by atoms with E-state index in [1.54, 1.807) is 17.0 Å². The number of aryl methyl sites for hydroxylation is 2. The molecule has 0 unspecified atom stereocenters. The molecule has 2 aromatic carbocycles. The summed E-state index contributed by atoms with van der Waals surface area (Å²) in [5.41, 5.74) is 2.22. The predicted octanol–water partition coefficient (Wildman–Crippen LogP) is 3.72. The maximum absolute atomic E-state index is 12.4. The van der Waals surface area contributed by atoms with Crippen LogP contribution in [-0.4, -0.2) is 54.4 Å². The molecule has 0 N–H and O–H groups in total. The molecular formula is C23H27ClN2O3. The average molecular weight is 415 g/mol. The molecule has 0 aromatic heterocycles. The van der Waals surface area contributed by atoms with Crippen LogP contribution in [-0.2, 0) is 16.0 Å². The van der Waals surface area contributed by atoms with Crippen LogP contribution in [0.15, 0.2) is 48.5 Å². The van der Waals surface area contributed by atoms with Crippen LogP contribution in [0.25, 0.3) is 0 Å². The van der Waals surface area contributed by atoms with Crippen LogP contribution in [0.1, 0.15) is 24.0 Å². The molecule has 6 heteroatoms. The van der Waals surface area contributed by atoms with Crippen LogP contribution < -0.4 is 4.74 Å². The first kappa shape index (κ1) is 21.2. The number of benzene rings is 2. The first-order valence-electron chi connectivity index (χ1n) is 10.0. The number of hydrogen-bond acceptors (Lipinski definition) is 3. The van der Waals surface area contributed by atoms with Crippen LogP contribution in [0.2, 0.25) is 5.02 Å². The molecule has 0 atom stereocenters. The summed E-state index contributed by atoms with van der Waals surface area (Å²) in [7, 11) is 0. The number of halogens is 1. The molecule has 0 bridgehead atoms. The molecule has 1 heterocycles. The fourth-order valence-electron chi connectivity index (χ4n) is 3.35. The molecule has 154 valence electrons. The van der Waals surface area contributed by atoms with Gasteiger partial charge in [-0.05, 0) is 43.0 Å². The Kier molecular flexibility index (Phi) is 7.53. The monoisotopic (exact) mass is 414 g/mol. The zero-order valence-electron chi connectivity index (χ0n) is 16.8. The molecule has 1 saturated heterocycles. The van der Waals surface area contributed by atoms with E-state index in [1.165, 1.54) is 5.56 Å². The largest absolute Gasteiger partial charge is 0.484 e. The topological polar surface area (TPSA) is 49.9 Å². The van der Waals surface area contributed by atoms with Gasteiger partial charge in [-0.3, -0.25) is 9.59 Å². The molecule has 3 rings (SSSR count). The Morgan fingerprint density at radius 1 is 0.966 bits per heavy atom. The second-order valence-corrected chi connectivity index (χ2v) is 7.71. The lowest BCUT2D eigenvalue weighted by Crippen LogP contribution is -2.51. The quantitative estimate of drug-likeness (QED) is 0.693. The second kappa shape index (κ2) is 10.3. The van der Waals surface area contributed by atoms with Crippen molar-refractivity contribution in [2.45, 2.75) is 26.2 Å². The Morgan fingerprint density at radius 2 is 1.62 bits per heavy atom. The Labute approximate surface area is 177 Å². The molecule has 0 saturated carbocycles. The van der Waals surface area contributed by atoms with E-state index < -0.39 is 0 Å². The van der Waals surface area contributed by atoms with E-state index in [0.29, 0.717) is 43.4 Å². The van der Waals surface area contributed by atoms with Crippen molar-refractivity contribution in [3.05, 3.63) is 64.7 Å². The van der Waals surface area contributed by atoms with Crippen LogP contribution in [0, 0.1) is 6.92 Å². The van der Waals surface area contributed by atoms with Crippen molar-refractivity contribution in [3.8, 4) is 5.75 Å². The lowest BCUT2D eigenvalue weighted by atomic mass is 10.1. The van der Waals surface area contributed by atoms with Gasteiger partial charge in [0.2, 0.25) is 5.91 Å². The summed E-state index contributed by atoms with van der Waals surface area (Å²) in [6, 6.07) is 15.6. The minimum Gasteiger partial charge on any atom is -0.484 e. The fourth-order valence-corrected chi connectivity index (χ4v) is 3.52. The van der Waals surface area contributed by atoms with Gasteiger partial charge >= 0.3 is 0 Å². The summed E-state index contributed by atoms with van der Waals surface area (Å²) < 4.78 is 5.57. The van der Waals surface area contributed by atoms with Crippen molar-refractivity contribution in [2.24, 2.45) is 0 Å². The molecule has 0 radical (unpaired) electrons. The van der Waals surface area contributed by atoms with Crippen molar-refractivity contribution in [1.29, 1.82) is 0 Å². The molecule has 1 fully saturated rings. The Hall–Kier alpha value is -2.53. The number of carbonyl (C=O) groups excluding carboxylic acids is 2. The predicted molar refractivity (Wildman–Crippen MR) is 114 cm³/mol. The lowest BCUT2D eigenvalue weighted by molar-refractivity contribution is -0.140. The van der Waals surface area contributed by atoms with Gasteiger partial charge in [-0.1, -0.05) is 48.0 Å². The maximum atomic E-state index is 12.4. The summed E-state index contributed by atoms with van der Waals surface area (Å²) in [5.74, 6) is 0.678. The van der Waals surface area contributed by atoms with E-state index in [0.717, 1.165) is 18.4 Å². The molecule has 2 aromatic rings. The smallest absolute Gasteiger partial charge is 0.260 e. The third-order valence-electron chi connectivity index (χ3n) is 5.19. The van der Waals surface area contributed by atoms with Gasteiger partial charge in [-0.2, -0.15) is 0 Å². The van der Waals surface area contributed by atoms with E-state index in [9.17, 15) is 9.59 Å². The standard InChI is InChI=1S/C23H27ClN2O3/c1-18-10-11-20(16-21(18)24)29-17-23(28)26-14-12-25(13-15-26)22(27)9-5-8-19-6-3-2-4-7-19/h2-4,6-7,10-11,16H,5,8-9,12-15,17H2,1H3. The summed E-state index contributed by atoms with van der Waals surface area (Å²) in [5, 5.41) is 0.620. The zero-order valence-corrected chi connectivity index (χ0v) is 17.5. The molecule has 2 amide bonds. The van der Waals surface area contributed by atoms with Gasteiger partial charge in [0.05, 0.1) is 0 Å². The maximum Gasteiger partial charge on any atom is 0.260 e. The van der Waals surface area contributed by atoms with Gasteiger partial charge in [0.15, 0.2) is 6.61 Å². The third kappa shape index (κ3) is 6.23. The highest BCUT2D eigenvalue weighted by molar-refractivity contribution is 6.31. The molecule has 0 spiro atoms. The van der Waals surface area contributed by atoms with Crippen LogP contribution in [0.3, 0.4) is 0 Å². The SMILES string of the molecule is Cc1ccc(OCC(=O)N2CCN(C(=O)CCCc3ccccc3)CC2)cc1Cl. The average Bonchev–Trinajstić information content (AvgIpc) is 2.75. The molecule has 0 aliphatic carbocycles. The Balaban J connectivity index is 1.37. The molecular weight excluding hydrogens is 388 g/mol. The van der Waals surface area contributed by atoms with Crippen LogP contribution in [0.5, 0.6) is 5.75 Å². The minimum atomic E-state index is -0.0714. The van der Waals surface area contributed by atoms with E-state index in [1.807, 2.05) is 36.1 Å². The van der Waals surface area contributed by atoms with Gasteiger partial charge in [-0.15, -0.1) is 0 Å². The summed E-state index contributed by atoms with van der Waals surface area (Å²) >= 11 is 6.08. The van der Waals surface area contributed by atoms with E-state index >= 15 is 0 Å². The minimum absolute atomic E-state index is 0.0234. The summed E-state index contributed by atoms with van der Waals surface area (Å²) in [6.45, 7) is 4.13. The van der Waals surface area contributed by atoms with Crippen molar-refractivity contribution >= 4 is 23.4 Å². The molecule has 1 aliphatic heterocycles. The first-order chi connectivity index (χ1) is 14.0. The molecule has 29 heavy (non-hydrogen) atoms. The van der Waals surface area contributed by atoms with E-state index in [2.05, 4.69) is 12.1 Å². The molecule has 1 aliphatic rings. The third-order valence-corrected chi connectivity index (χ3v) is 5.60. The number of hydrogen-bond donors (Lipinski definition) is 0. The highest BCUT2D eigenvalue weighted by Gasteiger charge is 2.24. The van der Waals surface area contributed by atoms with Crippen LogP contribution >= 0.6 is 11.6 Å². The van der Waals surface area contributed by atoms with Gasteiger partial charge < -0.3 is 14.5 Å². The van der Waals surface area contributed by atoms with Gasteiger partial charge in [0.1, 0.15) is 5.75 Å². The summed E-state index contributed by atoms with van der Waals surface area (Å²) in [4.78, 5) is 28.4. The Morgan fingerprint density at radius 3 is 2.28 bits per heavy atom. The number of amides is 2. The van der Waals surface area contributed by atoms with Crippen molar-refractivity contribution in [2.75, 3.05) is 32.8 Å². The highest BCUT2D eigenvalue weighted by atomic mass is 35.5. The van der Waals surface area contributed by atoms with Crippen molar-refractivity contribution in [1.82, 2.24) is 9.80 Å². The highest BCUT2D eigenvalue weighted by Crippen LogP contribution is 2.21. The number of piperazine rings is 1. The van der Waals surface area contributed by atoms with Gasteiger partial charge in [0, 0.05) is 37.6 Å². The molecule has 5 nitrogen and oxygen atoms in total. The number of nitrogens with zero attached hydrogens (tertiary/aromatic N) is 2. The number of carbonyl (C=O) groups is 2. The van der Waals surface area contributed by atoms with Gasteiger partial charge in [-0.25, -0.2) is 0 Å². The second-order valence-electron chi connectivity index (χ2n) is 7.30. The number of rotatable bonds is 7. The fraction of sp³-hybridized carbons (Fsp3) is 0.391. The Bertz CT molecular complexity index is 833. The van der Waals surface area contributed by atoms with E-state index in [4.69, 9.17) is 16.3 Å². The lowest BCUT2D eigenvalue weighted by Gasteiger charge is -2.34. The first-order valence-corrected chi connectivity index (χ1v) is 10.4. The van der Waals surface area contributed by atoms with E-state index in [-0.39, 0.29) is 18.4 Å².